The van der Waals surface area contributed by atoms with Gasteiger partial charge in [0.25, 0.3) is 11.8 Å². The Morgan fingerprint density at radius 1 is 1.00 bits per heavy atom. The van der Waals surface area contributed by atoms with Gasteiger partial charge in [0, 0.05) is 30.8 Å². The number of hydrogen-bond donors (Lipinski definition) is 1. The molecule has 0 saturated heterocycles. The zero-order chi connectivity index (χ0) is 18.4. The first-order chi connectivity index (χ1) is 11.9. The van der Waals surface area contributed by atoms with Gasteiger partial charge in [-0.1, -0.05) is 11.8 Å². The van der Waals surface area contributed by atoms with Gasteiger partial charge in [0.05, 0.1) is 6.54 Å². The molecule has 0 atom stereocenters. The van der Waals surface area contributed by atoms with Crippen molar-refractivity contribution in [2.75, 3.05) is 20.6 Å². The van der Waals surface area contributed by atoms with Crippen LogP contribution in [0.2, 0.25) is 0 Å². The molecule has 0 heterocycles. The standard InChI is InChI=1S/C19H16F2N2O2/c1-23(2)19(25)14-7-5-13(6-8-14)4-3-11-22-18(24)15-9-10-16(20)17(21)12-15/h5-10,12H,11H2,1-2H3,(H,22,24). The van der Waals surface area contributed by atoms with Gasteiger partial charge in [0.2, 0.25) is 0 Å². The summed E-state index contributed by atoms with van der Waals surface area (Å²) in [6.07, 6.45) is 0. The molecule has 4 nitrogen and oxygen atoms in total. The second-order valence-electron chi connectivity index (χ2n) is 5.39. The summed E-state index contributed by atoms with van der Waals surface area (Å²) < 4.78 is 25.9. The van der Waals surface area contributed by atoms with E-state index in [1.165, 1.54) is 11.0 Å². The van der Waals surface area contributed by atoms with E-state index in [1.54, 1.807) is 38.4 Å². The minimum absolute atomic E-state index is 0.0206. The van der Waals surface area contributed by atoms with Gasteiger partial charge < -0.3 is 10.2 Å². The second kappa shape index (κ2) is 8.06. The molecule has 6 heteroatoms. The van der Waals surface area contributed by atoms with Crippen LogP contribution in [0.15, 0.2) is 42.5 Å². The van der Waals surface area contributed by atoms with Crippen LogP contribution in [0.4, 0.5) is 8.78 Å². The van der Waals surface area contributed by atoms with Crippen LogP contribution < -0.4 is 5.32 Å². The van der Waals surface area contributed by atoms with Crippen molar-refractivity contribution in [3.63, 3.8) is 0 Å². The van der Waals surface area contributed by atoms with Crippen LogP contribution >= 0.6 is 0 Å². The number of amides is 2. The van der Waals surface area contributed by atoms with Gasteiger partial charge in [-0.15, -0.1) is 0 Å². The van der Waals surface area contributed by atoms with Crippen molar-refractivity contribution in [2.45, 2.75) is 0 Å². The van der Waals surface area contributed by atoms with Crippen molar-refractivity contribution in [3.8, 4) is 11.8 Å². The Hall–Kier alpha value is -3.20. The van der Waals surface area contributed by atoms with Gasteiger partial charge in [0.15, 0.2) is 11.6 Å². The van der Waals surface area contributed by atoms with Crippen molar-refractivity contribution in [3.05, 3.63) is 70.8 Å². The molecule has 0 unspecified atom stereocenters. The van der Waals surface area contributed by atoms with Crippen molar-refractivity contribution in [1.82, 2.24) is 10.2 Å². The second-order valence-corrected chi connectivity index (χ2v) is 5.39. The van der Waals surface area contributed by atoms with Crippen molar-refractivity contribution >= 4 is 11.8 Å². The minimum Gasteiger partial charge on any atom is -0.345 e. The van der Waals surface area contributed by atoms with Gasteiger partial charge in [-0.3, -0.25) is 9.59 Å². The first-order valence-electron chi connectivity index (χ1n) is 7.42. The molecular formula is C19H16F2N2O2. The zero-order valence-electron chi connectivity index (χ0n) is 13.8. The third kappa shape index (κ3) is 4.88. The lowest BCUT2D eigenvalue weighted by Gasteiger charge is -2.09. The molecule has 0 radical (unpaired) electrons. The summed E-state index contributed by atoms with van der Waals surface area (Å²) >= 11 is 0. The highest BCUT2D eigenvalue weighted by Gasteiger charge is 2.08. The highest BCUT2D eigenvalue weighted by Crippen LogP contribution is 2.08. The van der Waals surface area contributed by atoms with E-state index in [1.807, 2.05) is 0 Å². The van der Waals surface area contributed by atoms with E-state index in [0.717, 1.165) is 12.1 Å². The molecule has 128 valence electrons. The number of halogens is 2. The van der Waals surface area contributed by atoms with Gasteiger partial charge in [-0.25, -0.2) is 8.78 Å². The van der Waals surface area contributed by atoms with E-state index in [0.29, 0.717) is 11.1 Å². The maximum atomic E-state index is 13.1. The highest BCUT2D eigenvalue weighted by molar-refractivity contribution is 5.94. The fourth-order valence-electron chi connectivity index (χ4n) is 1.96. The SMILES string of the molecule is CN(C)C(=O)c1ccc(C#CCNC(=O)c2ccc(F)c(F)c2)cc1. The smallest absolute Gasteiger partial charge is 0.253 e. The molecule has 0 aliphatic carbocycles. The van der Waals surface area contributed by atoms with Crippen molar-refractivity contribution < 1.29 is 18.4 Å². The monoisotopic (exact) mass is 342 g/mol. The predicted molar refractivity (Wildman–Crippen MR) is 90.0 cm³/mol. The third-order valence-corrected chi connectivity index (χ3v) is 3.29. The maximum Gasteiger partial charge on any atom is 0.253 e. The lowest BCUT2D eigenvalue weighted by molar-refractivity contribution is 0.0827. The fraction of sp³-hybridized carbons (Fsp3) is 0.158. The molecule has 0 fully saturated rings. The predicted octanol–water partition coefficient (Wildman–Crippen LogP) is 2.45. The molecule has 2 aromatic carbocycles. The van der Waals surface area contributed by atoms with E-state index in [2.05, 4.69) is 17.2 Å². The van der Waals surface area contributed by atoms with E-state index >= 15 is 0 Å². The molecule has 0 aromatic heterocycles. The van der Waals surface area contributed by atoms with Crippen LogP contribution in [0.25, 0.3) is 0 Å². The molecule has 2 amide bonds. The molecule has 1 N–H and O–H groups in total. The lowest BCUT2D eigenvalue weighted by Crippen LogP contribution is -2.23. The molecule has 0 saturated carbocycles. The number of nitrogens with zero attached hydrogens (tertiary/aromatic N) is 1. The lowest BCUT2D eigenvalue weighted by atomic mass is 10.1. The Morgan fingerprint density at radius 2 is 1.64 bits per heavy atom. The molecule has 0 aliphatic rings. The molecule has 2 rings (SSSR count). The van der Waals surface area contributed by atoms with Crippen LogP contribution in [0, 0.1) is 23.5 Å². The molecular weight excluding hydrogens is 326 g/mol. The van der Waals surface area contributed by atoms with Crippen LogP contribution in [-0.4, -0.2) is 37.4 Å². The first-order valence-corrected chi connectivity index (χ1v) is 7.42. The minimum atomic E-state index is -1.08. The molecule has 25 heavy (non-hydrogen) atoms. The van der Waals surface area contributed by atoms with E-state index in [9.17, 15) is 18.4 Å². The van der Waals surface area contributed by atoms with Crippen LogP contribution in [0.3, 0.4) is 0 Å². The zero-order valence-corrected chi connectivity index (χ0v) is 13.8. The average Bonchev–Trinajstić information content (AvgIpc) is 2.60. The largest absolute Gasteiger partial charge is 0.345 e. The highest BCUT2D eigenvalue weighted by atomic mass is 19.2. The van der Waals surface area contributed by atoms with Gasteiger partial charge in [-0.2, -0.15) is 0 Å². The van der Waals surface area contributed by atoms with Gasteiger partial charge in [0.1, 0.15) is 0 Å². The van der Waals surface area contributed by atoms with Crippen molar-refractivity contribution in [1.29, 1.82) is 0 Å². The van der Waals surface area contributed by atoms with E-state index in [-0.39, 0.29) is 18.0 Å². The number of carbonyl (C=O) groups excluding carboxylic acids is 2. The summed E-state index contributed by atoms with van der Waals surface area (Å²) in [5, 5.41) is 2.50. The number of nitrogens with one attached hydrogen (secondary N) is 1. The molecule has 2 aromatic rings. The summed E-state index contributed by atoms with van der Waals surface area (Å²) in [5.74, 6) is 2.87. The summed E-state index contributed by atoms with van der Waals surface area (Å²) in [4.78, 5) is 25.0. The summed E-state index contributed by atoms with van der Waals surface area (Å²) in [6, 6.07) is 9.69. The summed E-state index contributed by atoms with van der Waals surface area (Å²) in [5.41, 5.74) is 1.27. The first kappa shape index (κ1) is 18.1. The fourth-order valence-corrected chi connectivity index (χ4v) is 1.96. The Kier molecular flexibility index (Phi) is 5.85. The number of hydrogen-bond acceptors (Lipinski definition) is 2. The molecule has 0 spiro atoms. The number of benzene rings is 2. The number of carbonyl (C=O) groups is 2. The van der Waals surface area contributed by atoms with E-state index in [4.69, 9.17) is 0 Å². The summed E-state index contributed by atoms with van der Waals surface area (Å²) in [7, 11) is 3.34. The Balaban J connectivity index is 1.93. The topological polar surface area (TPSA) is 49.4 Å². The van der Waals surface area contributed by atoms with Crippen LogP contribution in [-0.2, 0) is 0 Å². The van der Waals surface area contributed by atoms with Gasteiger partial charge >= 0.3 is 0 Å². The average molecular weight is 342 g/mol. The van der Waals surface area contributed by atoms with Gasteiger partial charge in [-0.05, 0) is 42.5 Å². The summed E-state index contributed by atoms with van der Waals surface area (Å²) in [6.45, 7) is 0.0518. The van der Waals surface area contributed by atoms with Crippen LogP contribution in [0.5, 0.6) is 0 Å². The van der Waals surface area contributed by atoms with Crippen LogP contribution in [0.1, 0.15) is 26.3 Å². The maximum absolute atomic E-state index is 13.1. The normalized spacial score (nSPS) is 9.76. The Morgan fingerprint density at radius 3 is 2.24 bits per heavy atom. The number of rotatable bonds is 3. The molecule has 0 aliphatic heterocycles. The Bertz CT molecular complexity index is 850. The Labute approximate surface area is 144 Å². The third-order valence-electron chi connectivity index (χ3n) is 3.29. The molecule has 0 bridgehead atoms. The van der Waals surface area contributed by atoms with Crippen molar-refractivity contribution in [2.24, 2.45) is 0 Å². The van der Waals surface area contributed by atoms with E-state index < -0.39 is 17.5 Å². The quantitative estimate of drug-likeness (QED) is 0.871.